The van der Waals surface area contributed by atoms with Gasteiger partial charge in [0.2, 0.25) is 0 Å². The van der Waals surface area contributed by atoms with Gasteiger partial charge in [-0.2, -0.15) is 0 Å². The summed E-state index contributed by atoms with van der Waals surface area (Å²) in [5.41, 5.74) is 14.1. The molecule has 0 aliphatic heterocycles. The van der Waals surface area contributed by atoms with Gasteiger partial charge in [0.05, 0.1) is 0 Å². The summed E-state index contributed by atoms with van der Waals surface area (Å²) in [6, 6.07) is 55.2. The molecule has 7 aromatic rings. The minimum atomic E-state index is 0.721. The molecule has 0 aromatic heterocycles. The van der Waals surface area contributed by atoms with Crippen molar-refractivity contribution in [2.75, 3.05) is 0 Å². The second kappa shape index (κ2) is 13.4. The van der Waals surface area contributed by atoms with E-state index >= 15 is 0 Å². The van der Waals surface area contributed by atoms with Crippen LogP contribution in [0.5, 0.6) is 0 Å². The van der Waals surface area contributed by atoms with Gasteiger partial charge in [0.25, 0.3) is 0 Å². The third kappa shape index (κ3) is 6.10. The molecule has 0 N–H and O–H groups in total. The molecule has 0 unspecified atom stereocenters. The van der Waals surface area contributed by atoms with E-state index in [1.807, 2.05) is 12.1 Å². The Labute approximate surface area is 297 Å². The van der Waals surface area contributed by atoms with E-state index in [-0.39, 0.29) is 0 Å². The topological polar surface area (TPSA) is 0 Å². The molecule has 0 atom stereocenters. The van der Waals surface area contributed by atoms with Crippen LogP contribution in [-0.2, 0) is 0 Å². The van der Waals surface area contributed by atoms with E-state index < -0.39 is 0 Å². The molecule has 0 aliphatic carbocycles. The lowest BCUT2D eigenvalue weighted by atomic mass is 9.81. The van der Waals surface area contributed by atoms with Gasteiger partial charge in [-0.05, 0) is 97.1 Å². The lowest BCUT2D eigenvalue weighted by molar-refractivity contribution is 1.51. The van der Waals surface area contributed by atoms with Crippen LogP contribution in [0.15, 0.2) is 171 Å². The minimum absolute atomic E-state index is 0.721. The molecule has 0 bridgehead atoms. The summed E-state index contributed by atoms with van der Waals surface area (Å²) in [6.45, 7) is 0. The van der Waals surface area contributed by atoms with Gasteiger partial charge in [0.1, 0.15) is 7.85 Å². The van der Waals surface area contributed by atoms with Gasteiger partial charge in [-0.3, -0.25) is 0 Å². The summed E-state index contributed by atoms with van der Waals surface area (Å²) in [7, 11) is 6.84. The maximum Gasteiger partial charge on any atom is 0.114 e. The molecule has 0 amide bonds. The van der Waals surface area contributed by atoms with Crippen LogP contribution in [0, 0.1) is 0 Å². The molecule has 218 valence electrons. The minimum Gasteiger partial charge on any atom is -0.0883 e. The summed E-state index contributed by atoms with van der Waals surface area (Å²) in [4.78, 5) is 0. The molecular formula is C42H26BBr3. The van der Waals surface area contributed by atoms with E-state index in [9.17, 15) is 0 Å². The van der Waals surface area contributed by atoms with Crippen LogP contribution in [0.2, 0.25) is 0 Å². The summed E-state index contributed by atoms with van der Waals surface area (Å²) >= 11 is 11.8. The highest BCUT2D eigenvalue weighted by atomic mass is 79.9. The lowest BCUT2D eigenvalue weighted by Gasteiger charge is -2.19. The highest BCUT2D eigenvalue weighted by Crippen LogP contribution is 2.45. The van der Waals surface area contributed by atoms with Crippen molar-refractivity contribution in [1.29, 1.82) is 0 Å². The van der Waals surface area contributed by atoms with E-state index in [4.69, 9.17) is 7.85 Å². The molecule has 0 nitrogen and oxygen atoms in total. The van der Waals surface area contributed by atoms with Crippen LogP contribution in [-0.4, -0.2) is 7.85 Å². The van der Waals surface area contributed by atoms with Crippen molar-refractivity contribution in [2.24, 2.45) is 0 Å². The number of halogens is 3. The molecule has 0 saturated carbocycles. The largest absolute Gasteiger partial charge is 0.114 e. The van der Waals surface area contributed by atoms with Crippen LogP contribution >= 0.6 is 47.8 Å². The van der Waals surface area contributed by atoms with Crippen molar-refractivity contribution < 1.29 is 0 Å². The van der Waals surface area contributed by atoms with Gasteiger partial charge in [0.15, 0.2) is 0 Å². The molecule has 2 radical (unpaired) electrons. The fourth-order valence-corrected chi connectivity index (χ4v) is 7.69. The Kier molecular flexibility index (Phi) is 8.95. The SMILES string of the molecule is [B]c1cc(-c2ccccc2)c(-c2ccccc2)cc1-c1cc(Br)c(-c2cc(-c3ccccc3)c(-c3ccccc3)cc2Br)cc1Br. The van der Waals surface area contributed by atoms with Gasteiger partial charge in [0, 0.05) is 13.4 Å². The van der Waals surface area contributed by atoms with Crippen molar-refractivity contribution >= 4 is 61.1 Å². The van der Waals surface area contributed by atoms with Gasteiger partial charge in [-0.15, -0.1) is 0 Å². The maximum atomic E-state index is 6.84. The van der Waals surface area contributed by atoms with E-state index in [1.54, 1.807) is 0 Å². The summed E-state index contributed by atoms with van der Waals surface area (Å²) in [6.07, 6.45) is 0. The number of hydrogen-bond donors (Lipinski definition) is 0. The Bertz CT molecular complexity index is 2000. The van der Waals surface area contributed by atoms with Crippen molar-refractivity contribution in [3.63, 3.8) is 0 Å². The molecule has 0 aliphatic rings. The van der Waals surface area contributed by atoms with Crippen LogP contribution in [0.4, 0.5) is 0 Å². The zero-order valence-electron chi connectivity index (χ0n) is 24.7. The molecule has 0 heterocycles. The average Bonchev–Trinajstić information content (AvgIpc) is 3.10. The highest BCUT2D eigenvalue weighted by Gasteiger charge is 2.19. The van der Waals surface area contributed by atoms with E-state index in [0.29, 0.717) is 0 Å². The molecular weight excluding hydrogens is 755 g/mol. The van der Waals surface area contributed by atoms with Crippen molar-refractivity contribution in [3.05, 3.63) is 171 Å². The zero-order valence-corrected chi connectivity index (χ0v) is 29.5. The quantitative estimate of drug-likeness (QED) is 0.147. The van der Waals surface area contributed by atoms with Crippen molar-refractivity contribution in [3.8, 4) is 66.8 Å². The molecule has 7 rings (SSSR count). The second-order valence-electron chi connectivity index (χ2n) is 11.1. The number of hydrogen-bond acceptors (Lipinski definition) is 0. The van der Waals surface area contributed by atoms with E-state index in [0.717, 1.165) is 63.4 Å². The highest BCUT2D eigenvalue weighted by molar-refractivity contribution is 9.11. The number of benzene rings is 7. The number of rotatable bonds is 6. The first-order chi connectivity index (χ1) is 22.5. The predicted molar refractivity (Wildman–Crippen MR) is 208 cm³/mol. The first-order valence-corrected chi connectivity index (χ1v) is 17.3. The summed E-state index contributed by atoms with van der Waals surface area (Å²) < 4.78 is 2.96. The first-order valence-electron chi connectivity index (χ1n) is 15.0. The third-order valence-corrected chi connectivity index (χ3v) is 10.2. The Morgan fingerprint density at radius 3 is 0.935 bits per heavy atom. The van der Waals surface area contributed by atoms with Gasteiger partial charge in [-0.1, -0.05) is 181 Å². The average molecular weight is 781 g/mol. The van der Waals surface area contributed by atoms with Crippen molar-refractivity contribution in [1.82, 2.24) is 0 Å². The standard InChI is InChI=1S/C42H26BBr3/c43-39-23-33(29-17-9-3-10-18-29)31(27-13-5-1-6-14-27)21-35(39)37-25-42(46)38(26-41(37)45)36-22-32(28-15-7-2-8-16-28)34(24-40(36)44)30-19-11-4-12-20-30/h1-26H. The van der Waals surface area contributed by atoms with Gasteiger partial charge < -0.3 is 0 Å². The molecule has 46 heavy (non-hydrogen) atoms. The fraction of sp³-hybridized carbons (Fsp3) is 0. The lowest BCUT2D eigenvalue weighted by Crippen LogP contribution is -2.09. The molecule has 0 fully saturated rings. The van der Waals surface area contributed by atoms with Gasteiger partial charge in [-0.25, -0.2) is 0 Å². The predicted octanol–water partition coefficient (Wildman–Crippen LogP) is 12.8. The van der Waals surface area contributed by atoms with E-state index in [2.05, 4.69) is 193 Å². The van der Waals surface area contributed by atoms with Crippen LogP contribution in [0.1, 0.15) is 0 Å². The smallest absolute Gasteiger partial charge is 0.0883 e. The molecule has 4 heteroatoms. The summed E-state index contributed by atoms with van der Waals surface area (Å²) in [5, 5.41) is 0. The molecule has 0 spiro atoms. The third-order valence-electron chi connectivity index (χ3n) is 8.27. The monoisotopic (exact) mass is 778 g/mol. The Morgan fingerprint density at radius 1 is 0.283 bits per heavy atom. The van der Waals surface area contributed by atoms with Crippen LogP contribution in [0.3, 0.4) is 0 Å². The zero-order chi connectivity index (χ0) is 31.6. The first kappa shape index (κ1) is 30.7. The Morgan fingerprint density at radius 2 is 0.543 bits per heavy atom. The van der Waals surface area contributed by atoms with Crippen molar-refractivity contribution in [2.45, 2.75) is 0 Å². The normalized spacial score (nSPS) is 11.0. The maximum absolute atomic E-state index is 6.84. The van der Waals surface area contributed by atoms with Gasteiger partial charge >= 0.3 is 0 Å². The molecule has 7 aromatic carbocycles. The van der Waals surface area contributed by atoms with Crippen LogP contribution < -0.4 is 5.46 Å². The molecule has 0 saturated heterocycles. The Balaban J connectivity index is 1.38. The fourth-order valence-electron chi connectivity index (χ4n) is 6.02. The Hall–Kier alpha value is -3.96. The second-order valence-corrected chi connectivity index (χ2v) is 13.7. The summed E-state index contributed by atoms with van der Waals surface area (Å²) in [5.74, 6) is 0. The van der Waals surface area contributed by atoms with E-state index in [1.165, 1.54) is 22.3 Å². The van der Waals surface area contributed by atoms with Crippen LogP contribution in [0.25, 0.3) is 66.8 Å².